The van der Waals surface area contributed by atoms with Crippen molar-refractivity contribution < 1.29 is 39.1 Å². The van der Waals surface area contributed by atoms with Crippen LogP contribution >= 0.6 is 0 Å². The van der Waals surface area contributed by atoms with Gasteiger partial charge in [0.2, 0.25) is 0 Å². The van der Waals surface area contributed by atoms with Gasteiger partial charge in [-0.15, -0.1) is 0 Å². The molecule has 14 nitrogen and oxygen atoms in total. The van der Waals surface area contributed by atoms with E-state index >= 15 is 0 Å². The molecule has 0 aliphatic carbocycles. The molecule has 3 aromatic rings. The zero-order chi connectivity index (χ0) is 32.3. The lowest BCUT2D eigenvalue weighted by Crippen LogP contribution is -2.34. The predicted octanol–water partition coefficient (Wildman–Crippen LogP) is 4.54. The van der Waals surface area contributed by atoms with Gasteiger partial charge < -0.3 is 29.5 Å². The number of esters is 1. The number of nitrogens with zero attached hydrogens (tertiary/aromatic N) is 4. The number of carboxylic acids is 1. The van der Waals surface area contributed by atoms with Crippen LogP contribution in [0.25, 0.3) is 0 Å². The summed E-state index contributed by atoms with van der Waals surface area (Å²) in [7, 11) is 0. The molecule has 0 radical (unpaired) electrons. The Labute approximate surface area is 258 Å². The molecule has 0 amide bonds. The van der Waals surface area contributed by atoms with Crippen LogP contribution in [0, 0.1) is 26.1 Å². The molecule has 0 saturated carbocycles. The van der Waals surface area contributed by atoms with Crippen LogP contribution in [0.15, 0.2) is 66.7 Å². The van der Waals surface area contributed by atoms with Crippen molar-refractivity contribution in [3.63, 3.8) is 0 Å². The van der Waals surface area contributed by atoms with E-state index in [2.05, 4.69) is 4.90 Å². The highest BCUT2D eigenvalue weighted by Gasteiger charge is 2.21. The number of piperidine rings is 1. The summed E-state index contributed by atoms with van der Waals surface area (Å²) in [4.78, 5) is 49.3. The van der Waals surface area contributed by atoms with Crippen molar-refractivity contribution in [1.29, 1.82) is 0 Å². The SMILES string of the molecule is O=C(O)c1cc(OCCC2CCN(c3ccc([N+](=O)[O-])cc3)CC2)cc(C(=O)OCCN(CCO)c2ccc([N+](=O)[O-])cc2)c1. The summed E-state index contributed by atoms with van der Waals surface area (Å²) in [5.74, 6) is -1.35. The van der Waals surface area contributed by atoms with Gasteiger partial charge in [0.1, 0.15) is 12.4 Å². The first-order valence-electron chi connectivity index (χ1n) is 14.4. The van der Waals surface area contributed by atoms with Gasteiger partial charge in [0, 0.05) is 55.3 Å². The number of carboxylic acid groups (broad SMARTS) is 1. The number of carbonyl (C=O) groups excluding carboxylic acids is 1. The summed E-state index contributed by atoms with van der Waals surface area (Å²) in [5, 5.41) is 40.8. The fraction of sp³-hybridized carbons (Fsp3) is 0.355. The molecule has 238 valence electrons. The smallest absolute Gasteiger partial charge is 0.338 e. The molecule has 0 atom stereocenters. The number of rotatable bonds is 15. The Morgan fingerprint density at radius 3 is 2.04 bits per heavy atom. The normalized spacial score (nSPS) is 13.2. The second kappa shape index (κ2) is 15.5. The zero-order valence-corrected chi connectivity index (χ0v) is 24.4. The van der Waals surface area contributed by atoms with E-state index in [1.807, 2.05) is 0 Å². The minimum Gasteiger partial charge on any atom is -0.494 e. The summed E-state index contributed by atoms with van der Waals surface area (Å²) < 4.78 is 11.2. The molecule has 1 aliphatic heterocycles. The van der Waals surface area contributed by atoms with E-state index in [-0.39, 0.29) is 54.6 Å². The van der Waals surface area contributed by atoms with E-state index in [0.29, 0.717) is 18.2 Å². The van der Waals surface area contributed by atoms with Crippen molar-refractivity contribution in [3.05, 3.63) is 98.1 Å². The number of benzene rings is 3. The van der Waals surface area contributed by atoms with Crippen LogP contribution in [-0.4, -0.2) is 78.0 Å². The summed E-state index contributed by atoms with van der Waals surface area (Å²) in [6.07, 6.45) is 2.54. The van der Waals surface area contributed by atoms with Crippen molar-refractivity contribution in [2.45, 2.75) is 19.3 Å². The Kier molecular flexibility index (Phi) is 11.2. The highest BCUT2D eigenvalue weighted by Crippen LogP contribution is 2.27. The first-order chi connectivity index (χ1) is 21.6. The molecule has 0 unspecified atom stereocenters. The fourth-order valence-electron chi connectivity index (χ4n) is 5.14. The van der Waals surface area contributed by atoms with E-state index in [0.717, 1.165) is 38.0 Å². The molecule has 14 heteroatoms. The van der Waals surface area contributed by atoms with Gasteiger partial charge in [-0.1, -0.05) is 0 Å². The number of nitro benzene ring substituents is 2. The van der Waals surface area contributed by atoms with E-state index in [1.165, 1.54) is 54.6 Å². The fourth-order valence-corrected chi connectivity index (χ4v) is 5.14. The first-order valence-corrected chi connectivity index (χ1v) is 14.4. The molecule has 45 heavy (non-hydrogen) atoms. The molecule has 2 N–H and O–H groups in total. The quantitative estimate of drug-likeness (QED) is 0.137. The van der Waals surface area contributed by atoms with Crippen LogP contribution in [0.1, 0.15) is 40.0 Å². The molecule has 3 aromatic carbocycles. The van der Waals surface area contributed by atoms with E-state index in [4.69, 9.17) is 9.47 Å². The first kappa shape index (κ1) is 32.7. The second-order valence-corrected chi connectivity index (χ2v) is 10.5. The molecule has 1 heterocycles. The molecule has 1 aliphatic rings. The van der Waals surface area contributed by atoms with Crippen molar-refractivity contribution in [2.75, 3.05) is 55.8 Å². The number of non-ortho nitro benzene ring substituents is 2. The molecule has 1 fully saturated rings. The average molecular weight is 623 g/mol. The number of nitro groups is 2. The van der Waals surface area contributed by atoms with Gasteiger partial charge in [0.05, 0.1) is 40.7 Å². The van der Waals surface area contributed by atoms with Gasteiger partial charge in [-0.2, -0.15) is 0 Å². The third-order valence-corrected chi connectivity index (χ3v) is 7.61. The lowest BCUT2D eigenvalue weighted by atomic mass is 9.93. The number of aliphatic hydroxyl groups excluding tert-OH is 1. The van der Waals surface area contributed by atoms with Crippen LogP contribution in [0.2, 0.25) is 0 Å². The Hall–Kier alpha value is -5.24. The van der Waals surface area contributed by atoms with E-state index in [9.17, 15) is 40.0 Å². The average Bonchev–Trinajstić information content (AvgIpc) is 3.04. The molecular formula is C31H34N4O10. The van der Waals surface area contributed by atoms with Crippen LogP contribution in [0.5, 0.6) is 5.75 Å². The van der Waals surface area contributed by atoms with Crippen molar-refractivity contribution in [3.8, 4) is 5.75 Å². The Bertz CT molecular complexity index is 1490. The highest BCUT2D eigenvalue weighted by atomic mass is 16.6. The summed E-state index contributed by atoms with van der Waals surface area (Å²) in [6, 6.07) is 16.3. The predicted molar refractivity (Wildman–Crippen MR) is 164 cm³/mol. The largest absolute Gasteiger partial charge is 0.494 e. The Morgan fingerprint density at radius 1 is 0.867 bits per heavy atom. The van der Waals surface area contributed by atoms with Gasteiger partial charge >= 0.3 is 11.9 Å². The van der Waals surface area contributed by atoms with Gasteiger partial charge in [0.15, 0.2) is 0 Å². The van der Waals surface area contributed by atoms with Crippen LogP contribution < -0.4 is 14.5 Å². The minimum absolute atomic E-state index is 0.0188. The summed E-state index contributed by atoms with van der Waals surface area (Å²) in [5.41, 5.74) is 1.42. The van der Waals surface area contributed by atoms with Gasteiger partial charge in [-0.25, -0.2) is 9.59 Å². The molecule has 1 saturated heterocycles. The molecule has 0 spiro atoms. The number of hydrogen-bond donors (Lipinski definition) is 2. The number of aliphatic hydroxyl groups is 1. The monoisotopic (exact) mass is 622 g/mol. The molecule has 0 bridgehead atoms. The topological polar surface area (TPSA) is 186 Å². The number of aromatic carboxylic acids is 1. The van der Waals surface area contributed by atoms with Crippen molar-refractivity contribution in [2.24, 2.45) is 5.92 Å². The lowest BCUT2D eigenvalue weighted by molar-refractivity contribution is -0.385. The van der Waals surface area contributed by atoms with Crippen LogP contribution in [0.3, 0.4) is 0 Å². The maximum atomic E-state index is 12.8. The van der Waals surface area contributed by atoms with Crippen LogP contribution in [-0.2, 0) is 4.74 Å². The standard InChI is InChI=1S/C31H34N4O10/c36-16-14-33(26-3-7-28(8-4-26)35(42)43)15-18-45-31(39)24-19-23(30(37)38)20-29(21-24)44-17-11-22-9-12-32(13-10-22)25-1-5-27(6-2-25)34(40)41/h1-8,19-22,36H,9-18H2,(H,37,38). The Morgan fingerprint density at radius 2 is 1.47 bits per heavy atom. The maximum absolute atomic E-state index is 12.8. The third-order valence-electron chi connectivity index (χ3n) is 7.61. The third kappa shape index (κ3) is 9.13. The molecular weight excluding hydrogens is 588 g/mol. The zero-order valence-electron chi connectivity index (χ0n) is 24.4. The lowest BCUT2D eigenvalue weighted by Gasteiger charge is -2.33. The number of carbonyl (C=O) groups is 2. The Balaban J connectivity index is 1.28. The number of anilines is 2. The molecule has 4 rings (SSSR count). The maximum Gasteiger partial charge on any atom is 0.338 e. The van der Waals surface area contributed by atoms with Crippen molar-refractivity contribution >= 4 is 34.7 Å². The van der Waals surface area contributed by atoms with Gasteiger partial charge in [0.25, 0.3) is 11.4 Å². The van der Waals surface area contributed by atoms with Gasteiger partial charge in [-0.3, -0.25) is 20.2 Å². The second-order valence-electron chi connectivity index (χ2n) is 10.5. The molecule has 0 aromatic heterocycles. The number of ether oxygens (including phenoxy) is 2. The van der Waals surface area contributed by atoms with E-state index < -0.39 is 21.8 Å². The van der Waals surface area contributed by atoms with E-state index in [1.54, 1.807) is 17.0 Å². The van der Waals surface area contributed by atoms with Gasteiger partial charge in [-0.05, 0) is 67.6 Å². The minimum atomic E-state index is -1.22. The summed E-state index contributed by atoms with van der Waals surface area (Å²) in [6.45, 7) is 2.05. The van der Waals surface area contributed by atoms with Crippen molar-refractivity contribution in [1.82, 2.24) is 0 Å². The highest BCUT2D eigenvalue weighted by molar-refractivity contribution is 5.95. The van der Waals surface area contributed by atoms with Crippen LogP contribution in [0.4, 0.5) is 22.7 Å². The number of hydrogen-bond acceptors (Lipinski definition) is 11. The summed E-state index contributed by atoms with van der Waals surface area (Å²) >= 11 is 0.